The molecular formula is C19H21NO. The molecule has 1 heterocycles. The lowest BCUT2D eigenvalue weighted by Crippen LogP contribution is -2.24. The Hall–Kier alpha value is -2.22. The molecule has 2 aromatic carbocycles. The van der Waals surface area contributed by atoms with Crippen molar-refractivity contribution < 1.29 is 4.74 Å². The van der Waals surface area contributed by atoms with Crippen molar-refractivity contribution >= 4 is 11.3 Å². The highest BCUT2D eigenvalue weighted by Crippen LogP contribution is 2.31. The monoisotopic (exact) mass is 279 g/mol. The van der Waals surface area contributed by atoms with E-state index in [4.69, 9.17) is 4.74 Å². The minimum atomic E-state index is 0.874. The summed E-state index contributed by atoms with van der Waals surface area (Å²) >= 11 is 0. The zero-order chi connectivity index (χ0) is 14.8. The average molecular weight is 279 g/mol. The van der Waals surface area contributed by atoms with Crippen molar-refractivity contribution in [3.05, 3.63) is 65.7 Å². The Morgan fingerprint density at radius 2 is 1.81 bits per heavy atom. The van der Waals surface area contributed by atoms with Crippen LogP contribution in [0.2, 0.25) is 0 Å². The lowest BCUT2D eigenvalue weighted by molar-refractivity contribution is 0.415. The number of anilines is 1. The summed E-state index contributed by atoms with van der Waals surface area (Å²) in [5, 5.41) is 0. The summed E-state index contributed by atoms with van der Waals surface area (Å²) < 4.78 is 5.21. The Kier molecular flexibility index (Phi) is 3.70. The van der Waals surface area contributed by atoms with Gasteiger partial charge in [0.05, 0.1) is 7.11 Å². The molecule has 108 valence electrons. The predicted octanol–water partition coefficient (Wildman–Crippen LogP) is 4.14. The molecule has 0 unspecified atom stereocenters. The summed E-state index contributed by atoms with van der Waals surface area (Å²) in [6.45, 7) is 5.41. The number of aryl methyl sites for hydroxylation is 1. The van der Waals surface area contributed by atoms with E-state index >= 15 is 0 Å². The van der Waals surface area contributed by atoms with Crippen molar-refractivity contribution in [3.8, 4) is 5.75 Å². The van der Waals surface area contributed by atoms with Crippen molar-refractivity contribution in [2.75, 3.05) is 25.6 Å². The third-order valence-electron chi connectivity index (χ3n) is 4.22. The van der Waals surface area contributed by atoms with Crippen LogP contribution >= 0.6 is 0 Å². The molecule has 0 bridgehead atoms. The zero-order valence-electron chi connectivity index (χ0n) is 12.7. The third kappa shape index (κ3) is 2.66. The van der Waals surface area contributed by atoms with Crippen molar-refractivity contribution in [1.82, 2.24) is 0 Å². The zero-order valence-corrected chi connectivity index (χ0v) is 12.7. The molecule has 0 spiro atoms. The summed E-state index contributed by atoms with van der Waals surface area (Å²) in [7, 11) is 3.85. The Bertz CT molecular complexity index is 658. The van der Waals surface area contributed by atoms with E-state index in [1.807, 2.05) is 12.1 Å². The average Bonchev–Trinajstić information content (AvgIpc) is 2.54. The molecule has 2 heteroatoms. The Morgan fingerprint density at radius 3 is 2.52 bits per heavy atom. The number of hydrogen-bond donors (Lipinski definition) is 0. The van der Waals surface area contributed by atoms with Gasteiger partial charge in [-0.2, -0.15) is 0 Å². The van der Waals surface area contributed by atoms with E-state index in [2.05, 4.69) is 48.9 Å². The first-order chi connectivity index (χ1) is 10.2. The molecule has 0 saturated carbocycles. The van der Waals surface area contributed by atoms with Crippen LogP contribution in [0, 0.1) is 0 Å². The highest BCUT2D eigenvalue weighted by molar-refractivity contribution is 5.79. The second-order valence-corrected chi connectivity index (χ2v) is 5.58. The first-order valence-electron chi connectivity index (χ1n) is 7.37. The minimum absolute atomic E-state index is 0.874. The molecule has 2 aromatic rings. The van der Waals surface area contributed by atoms with Gasteiger partial charge in [-0.25, -0.2) is 0 Å². The highest BCUT2D eigenvalue weighted by atomic mass is 16.5. The number of methoxy groups -OCH3 is 1. The molecule has 0 N–H and O–H groups in total. The van der Waals surface area contributed by atoms with Gasteiger partial charge in [-0.15, -0.1) is 0 Å². The molecule has 0 radical (unpaired) electrons. The molecule has 21 heavy (non-hydrogen) atoms. The first-order valence-corrected chi connectivity index (χ1v) is 7.37. The van der Waals surface area contributed by atoms with Crippen LogP contribution in [0.1, 0.15) is 23.1 Å². The Labute approximate surface area is 126 Å². The van der Waals surface area contributed by atoms with Crippen LogP contribution in [0.25, 0.3) is 5.57 Å². The van der Waals surface area contributed by atoms with Gasteiger partial charge in [0.15, 0.2) is 0 Å². The van der Waals surface area contributed by atoms with Crippen LogP contribution in [-0.4, -0.2) is 20.7 Å². The van der Waals surface area contributed by atoms with Gasteiger partial charge in [-0.1, -0.05) is 24.8 Å². The number of nitrogens with zero attached hydrogens (tertiary/aromatic N) is 1. The number of rotatable bonds is 3. The number of ether oxygens (including phenoxy) is 1. The number of fused-ring (bicyclic) bond motifs is 1. The third-order valence-corrected chi connectivity index (χ3v) is 4.22. The van der Waals surface area contributed by atoms with Crippen LogP contribution in [0.4, 0.5) is 5.69 Å². The summed E-state index contributed by atoms with van der Waals surface area (Å²) in [5.41, 5.74) is 6.19. The quantitative estimate of drug-likeness (QED) is 0.837. The van der Waals surface area contributed by atoms with Crippen LogP contribution in [0.3, 0.4) is 0 Å². The summed E-state index contributed by atoms with van der Waals surface area (Å²) in [6, 6.07) is 14.8. The van der Waals surface area contributed by atoms with Crippen LogP contribution < -0.4 is 9.64 Å². The molecule has 1 aliphatic heterocycles. The molecule has 2 nitrogen and oxygen atoms in total. The topological polar surface area (TPSA) is 12.5 Å². The molecule has 0 aliphatic carbocycles. The predicted molar refractivity (Wildman–Crippen MR) is 89.2 cm³/mol. The highest BCUT2D eigenvalue weighted by Gasteiger charge is 2.14. The number of benzene rings is 2. The minimum Gasteiger partial charge on any atom is -0.497 e. The molecule has 0 fully saturated rings. The maximum absolute atomic E-state index is 5.21. The van der Waals surface area contributed by atoms with E-state index in [0.717, 1.165) is 29.9 Å². The van der Waals surface area contributed by atoms with Gasteiger partial charge >= 0.3 is 0 Å². The molecule has 0 atom stereocenters. The van der Waals surface area contributed by atoms with E-state index in [9.17, 15) is 0 Å². The second kappa shape index (κ2) is 5.65. The van der Waals surface area contributed by atoms with Gasteiger partial charge < -0.3 is 9.64 Å². The van der Waals surface area contributed by atoms with Gasteiger partial charge in [0.1, 0.15) is 5.75 Å². The standard InChI is InChI=1S/C19H21NO/c1-14(15-6-9-18(21-3)10-7-15)16-8-11-19-17(13-16)5-4-12-20(19)2/h6-11,13H,1,4-5,12H2,2-3H3. The van der Waals surface area contributed by atoms with Gasteiger partial charge in [-0.05, 0) is 59.4 Å². The maximum atomic E-state index is 5.21. The van der Waals surface area contributed by atoms with Gasteiger partial charge in [0, 0.05) is 19.3 Å². The molecule has 3 rings (SSSR count). The molecule has 0 amide bonds. The SMILES string of the molecule is C=C(c1ccc(OC)cc1)c1ccc2c(c1)CCCN2C. The van der Waals surface area contributed by atoms with Gasteiger partial charge in [0.2, 0.25) is 0 Å². The Balaban J connectivity index is 1.90. The van der Waals surface area contributed by atoms with E-state index in [0.29, 0.717) is 0 Å². The number of hydrogen-bond acceptors (Lipinski definition) is 2. The van der Waals surface area contributed by atoms with Crippen LogP contribution in [0.5, 0.6) is 5.75 Å². The fraction of sp³-hybridized carbons (Fsp3) is 0.263. The van der Waals surface area contributed by atoms with E-state index in [1.54, 1.807) is 7.11 Å². The summed E-state index contributed by atoms with van der Waals surface area (Å²) in [5.74, 6) is 0.874. The molecule has 0 saturated heterocycles. The van der Waals surface area contributed by atoms with Crippen molar-refractivity contribution in [3.63, 3.8) is 0 Å². The van der Waals surface area contributed by atoms with Crippen molar-refractivity contribution in [2.24, 2.45) is 0 Å². The second-order valence-electron chi connectivity index (χ2n) is 5.58. The van der Waals surface area contributed by atoms with E-state index in [-0.39, 0.29) is 0 Å². The normalized spacial score (nSPS) is 13.7. The van der Waals surface area contributed by atoms with Gasteiger partial charge in [-0.3, -0.25) is 0 Å². The lowest BCUT2D eigenvalue weighted by Gasteiger charge is -2.28. The Morgan fingerprint density at radius 1 is 1.10 bits per heavy atom. The van der Waals surface area contributed by atoms with E-state index < -0.39 is 0 Å². The molecule has 1 aliphatic rings. The fourth-order valence-electron chi connectivity index (χ4n) is 2.93. The van der Waals surface area contributed by atoms with Crippen LogP contribution in [-0.2, 0) is 6.42 Å². The molecule has 0 aromatic heterocycles. The van der Waals surface area contributed by atoms with Gasteiger partial charge in [0.25, 0.3) is 0 Å². The first kappa shape index (κ1) is 13.7. The summed E-state index contributed by atoms with van der Waals surface area (Å²) in [4.78, 5) is 2.33. The fourth-order valence-corrected chi connectivity index (χ4v) is 2.93. The van der Waals surface area contributed by atoms with Crippen molar-refractivity contribution in [1.29, 1.82) is 0 Å². The van der Waals surface area contributed by atoms with Crippen molar-refractivity contribution in [2.45, 2.75) is 12.8 Å². The molecular weight excluding hydrogens is 258 g/mol. The lowest BCUT2D eigenvalue weighted by atomic mass is 9.94. The smallest absolute Gasteiger partial charge is 0.118 e. The summed E-state index contributed by atoms with van der Waals surface area (Å²) in [6.07, 6.45) is 2.38. The van der Waals surface area contributed by atoms with Crippen LogP contribution in [0.15, 0.2) is 49.0 Å². The largest absolute Gasteiger partial charge is 0.497 e. The van der Waals surface area contributed by atoms with E-state index in [1.165, 1.54) is 23.2 Å². The maximum Gasteiger partial charge on any atom is 0.118 e.